The predicted octanol–water partition coefficient (Wildman–Crippen LogP) is -0.212. The highest BCUT2D eigenvalue weighted by Crippen LogP contribution is 2.21. The molecule has 3 rings (SSSR count). The van der Waals surface area contributed by atoms with Gasteiger partial charge in [0.25, 0.3) is 11.1 Å². The van der Waals surface area contributed by atoms with Crippen LogP contribution in [0.15, 0.2) is 49.5 Å². The van der Waals surface area contributed by atoms with E-state index in [-0.39, 0.29) is 36.0 Å². The first-order valence-electron chi connectivity index (χ1n) is 11.1. The molecule has 186 valence electrons. The lowest BCUT2D eigenvalue weighted by Crippen LogP contribution is -2.44. The summed E-state index contributed by atoms with van der Waals surface area (Å²) in [4.78, 5) is 67.2. The smallest absolute Gasteiger partial charge is 0.332 e. The summed E-state index contributed by atoms with van der Waals surface area (Å²) in [6, 6.07) is 9.01. The van der Waals surface area contributed by atoms with Crippen LogP contribution in [0, 0.1) is 0 Å². The van der Waals surface area contributed by atoms with Crippen LogP contribution in [0.5, 0.6) is 0 Å². The average Bonchev–Trinajstić information content (AvgIpc) is 2.82. The van der Waals surface area contributed by atoms with Gasteiger partial charge >= 0.3 is 11.4 Å². The number of nitrogen functional groups attached to an aromatic ring is 2. The zero-order chi connectivity index (χ0) is 25.9. The molecule has 3 aromatic rings. The molecule has 5 N–H and O–H groups in total. The van der Waals surface area contributed by atoms with Crippen LogP contribution < -0.4 is 38.9 Å². The predicted molar refractivity (Wildman–Crippen MR) is 134 cm³/mol. The number of H-pyrrole nitrogens is 1. The minimum Gasteiger partial charge on any atom is -0.384 e. The summed E-state index contributed by atoms with van der Waals surface area (Å²) in [6.07, 6.45) is 1.44. The van der Waals surface area contributed by atoms with Crippen molar-refractivity contribution in [2.24, 2.45) is 14.1 Å². The molecule has 2 heterocycles. The number of nitrogens with one attached hydrogen (secondary N) is 1. The number of aromatic amines is 1. The van der Waals surface area contributed by atoms with Crippen LogP contribution in [0.4, 0.5) is 17.3 Å². The molecule has 0 radical (unpaired) electrons. The van der Waals surface area contributed by atoms with Gasteiger partial charge in [-0.05, 0) is 12.0 Å². The van der Waals surface area contributed by atoms with Gasteiger partial charge in [-0.1, -0.05) is 43.7 Å². The first-order chi connectivity index (χ1) is 16.6. The molecule has 0 fully saturated rings. The van der Waals surface area contributed by atoms with E-state index in [1.165, 1.54) is 23.6 Å². The second-order valence-corrected chi connectivity index (χ2v) is 8.23. The molecule has 0 amide bonds. The summed E-state index contributed by atoms with van der Waals surface area (Å²) in [6.45, 7) is 1.86. The lowest BCUT2D eigenvalue weighted by molar-refractivity contribution is 0.0996. The van der Waals surface area contributed by atoms with Crippen molar-refractivity contribution in [3.8, 4) is 0 Å². The van der Waals surface area contributed by atoms with E-state index in [1.807, 2.05) is 13.0 Å². The highest BCUT2D eigenvalue weighted by Gasteiger charge is 2.26. The number of rotatable bonds is 9. The molecule has 0 saturated heterocycles. The van der Waals surface area contributed by atoms with E-state index in [9.17, 15) is 24.0 Å². The number of nitrogens with zero attached hydrogens (tertiary/aromatic N) is 4. The molecule has 0 unspecified atom stereocenters. The Labute approximate surface area is 200 Å². The fourth-order valence-corrected chi connectivity index (χ4v) is 3.81. The van der Waals surface area contributed by atoms with Gasteiger partial charge in [-0.2, -0.15) is 0 Å². The quantitative estimate of drug-likeness (QED) is 0.351. The molecule has 0 spiro atoms. The molecule has 0 aliphatic rings. The Bertz CT molecular complexity index is 1480. The van der Waals surface area contributed by atoms with Gasteiger partial charge in [-0.3, -0.25) is 33.1 Å². The van der Waals surface area contributed by atoms with Crippen LogP contribution in [-0.2, 0) is 27.2 Å². The molecule has 0 atom stereocenters. The fraction of sp³-hybridized carbons (Fsp3) is 0.348. The summed E-state index contributed by atoms with van der Waals surface area (Å²) < 4.78 is 3.04. The van der Waals surface area contributed by atoms with E-state index in [0.29, 0.717) is 6.42 Å². The van der Waals surface area contributed by atoms with Crippen LogP contribution >= 0.6 is 0 Å². The van der Waals surface area contributed by atoms with Crippen molar-refractivity contribution >= 4 is 23.1 Å². The fourth-order valence-electron chi connectivity index (χ4n) is 3.81. The topological polar surface area (TPSA) is 171 Å². The number of carbonyl (C=O) groups excluding carboxylic acids is 1. The molecule has 35 heavy (non-hydrogen) atoms. The number of Topliss-reactive ketones (excluding diaryl/α,β-unsaturated/α-hetero) is 1. The largest absolute Gasteiger partial charge is 0.384 e. The maximum absolute atomic E-state index is 13.4. The van der Waals surface area contributed by atoms with E-state index in [2.05, 4.69) is 4.98 Å². The second kappa shape index (κ2) is 10.3. The molecule has 12 nitrogen and oxygen atoms in total. The van der Waals surface area contributed by atoms with Gasteiger partial charge in [-0.15, -0.1) is 0 Å². The summed E-state index contributed by atoms with van der Waals surface area (Å²) in [7, 11) is 2.59. The Morgan fingerprint density at radius 2 is 1.66 bits per heavy atom. The first kappa shape index (κ1) is 25.3. The Kier molecular flexibility index (Phi) is 7.43. The highest BCUT2D eigenvalue weighted by molar-refractivity contribution is 6.02. The van der Waals surface area contributed by atoms with Crippen LogP contribution in [0.25, 0.3) is 0 Å². The zero-order valence-electron chi connectivity index (χ0n) is 19.9. The third-order valence-electron chi connectivity index (χ3n) is 5.81. The summed E-state index contributed by atoms with van der Waals surface area (Å²) >= 11 is 0. The molecule has 0 aliphatic heterocycles. The number of nitrogens with two attached hydrogens (primary N) is 2. The number of unbranched alkanes of at least 4 members (excludes halogenated alkanes) is 1. The van der Waals surface area contributed by atoms with Gasteiger partial charge in [0.15, 0.2) is 5.78 Å². The van der Waals surface area contributed by atoms with Crippen LogP contribution in [0.1, 0.15) is 35.7 Å². The SMILES string of the molecule is CCCCn1c(N)c(N(CC(=O)c2c(N)n(C)c(=O)n(C)c2=O)Cc2ccccc2)c(=O)[nH]c1=O. The van der Waals surface area contributed by atoms with E-state index in [4.69, 9.17) is 11.5 Å². The summed E-state index contributed by atoms with van der Waals surface area (Å²) in [5, 5.41) is 0. The molecule has 12 heteroatoms. The van der Waals surface area contributed by atoms with E-state index in [1.54, 1.807) is 24.3 Å². The Hall–Kier alpha value is -4.35. The average molecular weight is 484 g/mol. The normalized spacial score (nSPS) is 10.9. The molecule has 0 saturated carbocycles. The first-order valence-corrected chi connectivity index (χ1v) is 11.1. The standard InChI is InChI=1S/C23H29N7O5/c1-4-5-11-30-19(25)17(20(32)26-22(30)34)29(12-14-9-7-6-8-10-14)13-15(31)16-18(24)27(2)23(35)28(3)21(16)33/h6-10H,4-5,11-13,24-25H2,1-3H3,(H,26,32,34). The molecular weight excluding hydrogens is 454 g/mol. The van der Waals surface area contributed by atoms with Gasteiger partial charge in [0.2, 0.25) is 0 Å². The van der Waals surface area contributed by atoms with Crippen LogP contribution in [0.3, 0.4) is 0 Å². The number of carbonyl (C=O) groups is 1. The van der Waals surface area contributed by atoms with Crippen molar-refractivity contribution in [2.75, 3.05) is 22.9 Å². The maximum atomic E-state index is 13.4. The van der Waals surface area contributed by atoms with Gasteiger partial charge in [0.1, 0.15) is 22.9 Å². The van der Waals surface area contributed by atoms with Gasteiger partial charge in [0, 0.05) is 27.2 Å². The van der Waals surface area contributed by atoms with Crippen molar-refractivity contribution in [3.63, 3.8) is 0 Å². The van der Waals surface area contributed by atoms with E-state index >= 15 is 0 Å². The summed E-state index contributed by atoms with van der Waals surface area (Å²) in [5.74, 6) is -1.07. The van der Waals surface area contributed by atoms with Gasteiger partial charge < -0.3 is 16.4 Å². The van der Waals surface area contributed by atoms with Crippen molar-refractivity contribution in [2.45, 2.75) is 32.9 Å². The Morgan fingerprint density at radius 3 is 2.29 bits per heavy atom. The van der Waals surface area contributed by atoms with Crippen LogP contribution in [-0.4, -0.2) is 31.0 Å². The van der Waals surface area contributed by atoms with Crippen molar-refractivity contribution < 1.29 is 4.79 Å². The van der Waals surface area contributed by atoms with Gasteiger partial charge in [-0.25, -0.2) is 9.59 Å². The van der Waals surface area contributed by atoms with Crippen molar-refractivity contribution in [1.82, 2.24) is 18.7 Å². The minimum absolute atomic E-state index is 0.0712. The monoisotopic (exact) mass is 483 g/mol. The van der Waals surface area contributed by atoms with Gasteiger partial charge in [0.05, 0.1) is 6.54 Å². The molecule has 0 bridgehead atoms. The Balaban J connectivity index is 2.16. The lowest BCUT2D eigenvalue weighted by atomic mass is 10.1. The number of ketones is 1. The number of hydrogen-bond acceptors (Lipinski definition) is 8. The Morgan fingerprint density at radius 1 is 1.00 bits per heavy atom. The molecular formula is C23H29N7O5. The van der Waals surface area contributed by atoms with Crippen LogP contribution in [0.2, 0.25) is 0 Å². The third-order valence-corrected chi connectivity index (χ3v) is 5.81. The highest BCUT2D eigenvalue weighted by atomic mass is 16.2. The molecule has 2 aromatic heterocycles. The third kappa shape index (κ3) is 4.95. The van der Waals surface area contributed by atoms with E-state index < -0.39 is 34.8 Å². The molecule has 0 aliphatic carbocycles. The number of benzene rings is 1. The minimum atomic E-state index is -0.843. The van der Waals surface area contributed by atoms with Crippen molar-refractivity contribution in [1.29, 1.82) is 0 Å². The lowest BCUT2D eigenvalue weighted by Gasteiger charge is -2.26. The number of anilines is 3. The zero-order valence-corrected chi connectivity index (χ0v) is 19.9. The maximum Gasteiger partial charge on any atom is 0.332 e. The van der Waals surface area contributed by atoms with E-state index in [0.717, 1.165) is 21.1 Å². The summed E-state index contributed by atoms with van der Waals surface area (Å²) in [5.41, 5.74) is 9.62. The van der Waals surface area contributed by atoms with Crippen molar-refractivity contribution in [3.05, 3.63) is 83.1 Å². The number of hydrogen-bond donors (Lipinski definition) is 3. The second-order valence-electron chi connectivity index (χ2n) is 8.23. The molecule has 1 aromatic carbocycles. The number of aromatic nitrogens is 4.